The van der Waals surface area contributed by atoms with E-state index in [0.717, 1.165) is 11.1 Å². The Morgan fingerprint density at radius 2 is 1.83 bits per heavy atom. The SMILES string of the molecule is Cc1ccccc1Cn1cccc(C(=O)Nc2ccncc2)c1=O. The monoisotopic (exact) mass is 319 g/mol. The normalized spacial score (nSPS) is 10.4. The minimum absolute atomic E-state index is 0.114. The van der Waals surface area contributed by atoms with E-state index in [1.54, 1.807) is 41.4 Å². The van der Waals surface area contributed by atoms with Crippen LogP contribution in [0.2, 0.25) is 0 Å². The molecule has 2 aromatic heterocycles. The third kappa shape index (κ3) is 3.41. The number of aromatic nitrogens is 2. The largest absolute Gasteiger partial charge is 0.322 e. The van der Waals surface area contributed by atoms with Crippen molar-refractivity contribution in [1.29, 1.82) is 0 Å². The fraction of sp³-hybridized carbons (Fsp3) is 0.105. The number of hydrogen-bond acceptors (Lipinski definition) is 3. The number of benzene rings is 1. The molecule has 0 aliphatic heterocycles. The maximum Gasteiger partial charge on any atom is 0.263 e. The van der Waals surface area contributed by atoms with Gasteiger partial charge < -0.3 is 9.88 Å². The van der Waals surface area contributed by atoms with Crippen molar-refractivity contribution in [3.05, 3.63) is 94.2 Å². The predicted octanol–water partition coefficient (Wildman–Crippen LogP) is 2.85. The Balaban J connectivity index is 1.87. The number of anilines is 1. The fourth-order valence-corrected chi connectivity index (χ4v) is 2.44. The summed E-state index contributed by atoms with van der Waals surface area (Å²) < 4.78 is 1.55. The number of nitrogens with one attached hydrogen (secondary N) is 1. The van der Waals surface area contributed by atoms with Crippen molar-refractivity contribution in [2.45, 2.75) is 13.5 Å². The zero-order chi connectivity index (χ0) is 16.9. The minimum atomic E-state index is -0.426. The van der Waals surface area contributed by atoms with Gasteiger partial charge in [0.15, 0.2) is 0 Å². The van der Waals surface area contributed by atoms with E-state index < -0.39 is 5.91 Å². The Morgan fingerprint density at radius 3 is 2.58 bits per heavy atom. The summed E-state index contributed by atoms with van der Waals surface area (Å²) in [6.07, 6.45) is 4.85. The second-order valence-corrected chi connectivity index (χ2v) is 5.47. The first-order chi connectivity index (χ1) is 11.6. The average molecular weight is 319 g/mol. The lowest BCUT2D eigenvalue weighted by Crippen LogP contribution is -2.29. The molecule has 120 valence electrons. The third-order valence-electron chi connectivity index (χ3n) is 3.80. The van der Waals surface area contributed by atoms with Crippen molar-refractivity contribution < 1.29 is 4.79 Å². The van der Waals surface area contributed by atoms with Gasteiger partial charge in [-0.05, 0) is 42.3 Å². The van der Waals surface area contributed by atoms with Crippen LogP contribution >= 0.6 is 0 Å². The van der Waals surface area contributed by atoms with Crippen LogP contribution in [-0.2, 0) is 6.54 Å². The summed E-state index contributed by atoms with van der Waals surface area (Å²) in [5.74, 6) is -0.426. The van der Waals surface area contributed by atoms with Gasteiger partial charge >= 0.3 is 0 Å². The van der Waals surface area contributed by atoms with Crippen LogP contribution in [-0.4, -0.2) is 15.5 Å². The second-order valence-electron chi connectivity index (χ2n) is 5.47. The number of carbonyl (C=O) groups excluding carboxylic acids is 1. The quantitative estimate of drug-likeness (QED) is 0.804. The zero-order valence-corrected chi connectivity index (χ0v) is 13.3. The van der Waals surface area contributed by atoms with Crippen LogP contribution < -0.4 is 10.9 Å². The van der Waals surface area contributed by atoms with Crippen LogP contribution in [0.5, 0.6) is 0 Å². The summed E-state index contributed by atoms with van der Waals surface area (Å²) >= 11 is 0. The second kappa shape index (κ2) is 6.91. The van der Waals surface area contributed by atoms with Crippen molar-refractivity contribution in [2.24, 2.45) is 0 Å². The van der Waals surface area contributed by atoms with E-state index in [0.29, 0.717) is 12.2 Å². The van der Waals surface area contributed by atoms with Gasteiger partial charge in [-0.15, -0.1) is 0 Å². The predicted molar refractivity (Wildman–Crippen MR) is 93.2 cm³/mol. The van der Waals surface area contributed by atoms with E-state index >= 15 is 0 Å². The summed E-state index contributed by atoms with van der Waals surface area (Å²) in [4.78, 5) is 28.9. The number of hydrogen-bond donors (Lipinski definition) is 1. The van der Waals surface area contributed by atoms with E-state index in [-0.39, 0.29) is 11.1 Å². The Morgan fingerprint density at radius 1 is 1.08 bits per heavy atom. The van der Waals surface area contributed by atoms with E-state index in [1.165, 1.54) is 6.07 Å². The summed E-state index contributed by atoms with van der Waals surface area (Å²) in [5.41, 5.74) is 2.56. The van der Waals surface area contributed by atoms with Crippen LogP contribution in [0.15, 0.2) is 71.9 Å². The summed E-state index contributed by atoms with van der Waals surface area (Å²) in [6, 6.07) is 14.5. The highest BCUT2D eigenvalue weighted by molar-refractivity contribution is 6.03. The maximum absolute atomic E-state index is 12.6. The molecule has 3 aromatic rings. The van der Waals surface area contributed by atoms with Crippen molar-refractivity contribution in [2.75, 3.05) is 5.32 Å². The zero-order valence-electron chi connectivity index (χ0n) is 13.3. The molecule has 0 atom stereocenters. The molecule has 0 bridgehead atoms. The topological polar surface area (TPSA) is 64.0 Å². The molecular weight excluding hydrogens is 302 g/mol. The lowest BCUT2D eigenvalue weighted by Gasteiger charge is -2.10. The molecule has 0 aliphatic rings. The van der Waals surface area contributed by atoms with Gasteiger partial charge in [-0.3, -0.25) is 14.6 Å². The molecule has 0 radical (unpaired) electrons. The maximum atomic E-state index is 12.6. The first-order valence-electron chi connectivity index (χ1n) is 7.60. The van der Waals surface area contributed by atoms with Gasteiger partial charge in [0.1, 0.15) is 5.56 Å². The van der Waals surface area contributed by atoms with Crippen molar-refractivity contribution in [3.63, 3.8) is 0 Å². The number of aryl methyl sites for hydroxylation is 1. The van der Waals surface area contributed by atoms with Gasteiger partial charge in [0.2, 0.25) is 0 Å². The molecule has 0 saturated carbocycles. The van der Waals surface area contributed by atoms with Crippen LogP contribution in [0.25, 0.3) is 0 Å². The van der Waals surface area contributed by atoms with Crippen molar-refractivity contribution in [1.82, 2.24) is 9.55 Å². The minimum Gasteiger partial charge on any atom is -0.322 e. The van der Waals surface area contributed by atoms with E-state index in [2.05, 4.69) is 10.3 Å². The van der Waals surface area contributed by atoms with Gasteiger partial charge in [-0.25, -0.2) is 0 Å². The molecule has 24 heavy (non-hydrogen) atoms. The van der Waals surface area contributed by atoms with E-state index in [9.17, 15) is 9.59 Å². The van der Waals surface area contributed by atoms with Gasteiger partial charge in [-0.2, -0.15) is 0 Å². The molecule has 1 N–H and O–H groups in total. The third-order valence-corrected chi connectivity index (χ3v) is 3.80. The highest BCUT2D eigenvalue weighted by Gasteiger charge is 2.13. The standard InChI is InChI=1S/C19H17N3O2/c1-14-5-2-3-6-15(14)13-22-12-4-7-17(19(22)24)18(23)21-16-8-10-20-11-9-16/h2-12H,13H2,1H3,(H,20,21,23). The number of carbonyl (C=O) groups is 1. The highest BCUT2D eigenvalue weighted by Crippen LogP contribution is 2.09. The molecule has 0 fully saturated rings. The number of pyridine rings is 2. The number of rotatable bonds is 4. The van der Waals surface area contributed by atoms with Gasteiger partial charge in [0, 0.05) is 24.3 Å². The van der Waals surface area contributed by atoms with Gasteiger partial charge in [0.25, 0.3) is 11.5 Å². The molecule has 0 spiro atoms. The summed E-state index contributed by atoms with van der Waals surface area (Å²) in [7, 11) is 0. The van der Waals surface area contributed by atoms with Gasteiger partial charge in [-0.1, -0.05) is 24.3 Å². The number of amides is 1. The molecule has 1 aromatic carbocycles. The highest BCUT2D eigenvalue weighted by atomic mass is 16.2. The molecule has 5 nitrogen and oxygen atoms in total. The molecule has 1 amide bonds. The molecule has 0 saturated heterocycles. The molecule has 5 heteroatoms. The van der Waals surface area contributed by atoms with Crippen LogP contribution in [0, 0.1) is 6.92 Å². The Labute approximate surface area is 139 Å². The average Bonchev–Trinajstić information content (AvgIpc) is 2.59. The molecule has 0 unspecified atom stereocenters. The summed E-state index contributed by atoms with van der Waals surface area (Å²) in [6.45, 7) is 2.43. The lowest BCUT2D eigenvalue weighted by atomic mass is 10.1. The Bertz CT molecular complexity index is 917. The van der Waals surface area contributed by atoms with Crippen LogP contribution in [0.4, 0.5) is 5.69 Å². The Kier molecular flexibility index (Phi) is 4.52. The molecule has 0 aliphatic carbocycles. The van der Waals surface area contributed by atoms with Crippen LogP contribution in [0.1, 0.15) is 21.5 Å². The fourth-order valence-electron chi connectivity index (χ4n) is 2.44. The summed E-state index contributed by atoms with van der Waals surface area (Å²) in [5, 5.41) is 2.71. The lowest BCUT2D eigenvalue weighted by molar-refractivity contribution is 0.102. The Hall–Kier alpha value is -3.21. The number of nitrogens with zero attached hydrogens (tertiary/aromatic N) is 2. The van der Waals surface area contributed by atoms with Crippen LogP contribution in [0.3, 0.4) is 0 Å². The van der Waals surface area contributed by atoms with Gasteiger partial charge in [0.05, 0.1) is 6.54 Å². The van der Waals surface area contributed by atoms with E-state index in [1.807, 2.05) is 31.2 Å². The molecule has 3 rings (SSSR count). The molecule has 2 heterocycles. The molecular formula is C19H17N3O2. The first kappa shape index (κ1) is 15.7. The van der Waals surface area contributed by atoms with E-state index in [4.69, 9.17) is 0 Å². The smallest absolute Gasteiger partial charge is 0.263 e. The first-order valence-corrected chi connectivity index (χ1v) is 7.60. The van der Waals surface area contributed by atoms with Crippen molar-refractivity contribution in [3.8, 4) is 0 Å². The van der Waals surface area contributed by atoms with Crippen molar-refractivity contribution >= 4 is 11.6 Å².